The molecule has 2 rings (SSSR count). The van der Waals surface area contributed by atoms with E-state index in [1.165, 1.54) is 19.3 Å². The highest BCUT2D eigenvalue weighted by Crippen LogP contribution is 2.38. The summed E-state index contributed by atoms with van der Waals surface area (Å²) in [5.74, 6) is 6.39. The number of nitrogens with one attached hydrogen (secondary N) is 1. The smallest absolute Gasteiger partial charge is 0.323 e. The fourth-order valence-corrected chi connectivity index (χ4v) is 2.68. The summed E-state index contributed by atoms with van der Waals surface area (Å²) in [5.41, 5.74) is 2.84. The van der Waals surface area contributed by atoms with Crippen LogP contribution in [0.25, 0.3) is 0 Å². The van der Waals surface area contributed by atoms with Gasteiger partial charge in [0.1, 0.15) is 0 Å². The summed E-state index contributed by atoms with van der Waals surface area (Å²) in [6.07, 6.45) is 3.51. The number of hydrazine groups is 1. The third kappa shape index (κ3) is 2.92. The Balaban J connectivity index is 2.22. The Morgan fingerprint density at radius 2 is 2.00 bits per heavy atom. The van der Waals surface area contributed by atoms with E-state index in [4.69, 9.17) is 10.6 Å². The van der Waals surface area contributed by atoms with Crippen molar-refractivity contribution in [1.82, 2.24) is 15.0 Å². The second-order valence-electron chi connectivity index (χ2n) is 5.20. The number of anilines is 2. The van der Waals surface area contributed by atoms with Crippen LogP contribution in [0, 0.1) is 5.41 Å². The van der Waals surface area contributed by atoms with Gasteiger partial charge in [0, 0.05) is 13.1 Å². The van der Waals surface area contributed by atoms with Gasteiger partial charge < -0.3 is 9.64 Å². The molecule has 1 saturated heterocycles. The van der Waals surface area contributed by atoms with Gasteiger partial charge in [0.2, 0.25) is 11.9 Å². The minimum absolute atomic E-state index is 0.316. The van der Waals surface area contributed by atoms with Crippen LogP contribution in [-0.4, -0.2) is 34.6 Å². The van der Waals surface area contributed by atoms with Crippen molar-refractivity contribution in [3.05, 3.63) is 0 Å². The third-order valence-corrected chi connectivity index (χ3v) is 4.23. The van der Waals surface area contributed by atoms with E-state index in [-0.39, 0.29) is 0 Å². The zero-order chi connectivity index (χ0) is 14.6. The van der Waals surface area contributed by atoms with Crippen molar-refractivity contribution in [2.24, 2.45) is 11.3 Å². The maximum atomic E-state index is 5.41. The molecule has 7 heteroatoms. The summed E-state index contributed by atoms with van der Waals surface area (Å²) >= 11 is 0. The minimum atomic E-state index is 0.316. The molecule has 1 fully saturated rings. The van der Waals surface area contributed by atoms with E-state index < -0.39 is 0 Å². The van der Waals surface area contributed by atoms with E-state index in [1.54, 1.807) is 0 Å². The molecule has 0 spiro atoms. The van der Waals surface area contributed by atoms with E-state index in [1.807, 2.05) is 6.92 Å². The van der Waals surface area contributed by atoms with Crippen LogP contribution in [0.15, 0.2) is 0 Å². The molecular formula is C13H24N6O. The highest BCUT2D eigenvalue weighted by atomic mass is 16.5. The Hall–Kier alpha value is -1.63. The first-order chi connectivity index (χ1) is 9.66. The Bertz CT molecular complexity index is 448. The SMILES string of the molecule is CCOc1nc(NN)nc(N2CCC(CC)(CC)C2)n1. The van der Waals surface area contributed by atoms with Gasteiger partial charge in [-0.25, -0.2) is 5.84 Å². The largest absolute Gasteiger partial charge is 0.464 e. The molecular weight excluding hydrogens is 256 g/mol. The van der Waals surface area contributed by atoms with Gasteiger partial charge in [0.25, 0.3) is 0 Å². The molecule has 0 saturated carbocycles. The van der Waals surface area contributed by atoms with Crippen molar-refractivity contribution >= 4 is 11.9 Å². The van der Waals surface area contributed by atoms with Gasteiger partial charge in [-0.05, 0) is 31.6 Å². The van der Waals surface area contributed by atoms with E-state index in [9.17, 15) is 0 Å². The number of hydrogen-bond acceptors (Lipinski definition) is 7. The Labute approximate surface area is 119 Å². The van der Waals surface area contributed by atoms with Crippen molar-refractivity contribution in [3.8, 4) is 6.01 Å². The van der Waals surface area contributed by atoms with Crippen molar-refractivity contribution in [1.29, 1.82) is 0 Å². The van der Waals surface area contributed by atoms with Crippen molar-refractivity contribution in [3.63, 3.8) is 0 Å². The maximum absolute atomic E-state index is 5.41. The topological polar surface area (TPSA) is 89.2 Å². The number of rotatable bonds is 6. The fraction of sp³-hybridized carbons (Fsp3) is 0.769. The van der Waals surface area contributed by atoms with Crippen LogP contribution >= 0.6 is 0 Å². The first kappa shape index (κ1) is 14.8. The standard InChI is InChI=1S/C13H24N6O/c1-4-13(5-2)7-8-19(9-13)11-15-10(18-14)16-12(17-11)20-6-3/h4-9,14H2,1-3H3,(H,15,16,17,18). The molecule has 0 unspecified atom stereocenters. The van der Waals surface area contributed by atoms with E-state index >= 15 is 0 Å². The van der Waals surface area contributed by atoms with Crippen molar-refractivity contribution < 1.29 is 4.74 Å². The van der Waals surface area contributed by atoms with E-state index in [0.717, 1.165) is 13.1 Å². The van der Waals surface area contributed by atoms with Crippen LogP contribution in [0.1, 0.15) is 40.0 Å². The van der Waals surface area contributed by atoms with Crippen LogP contribution in [0.5, 0.6) is 6.01 Å². The molecule has 0 bridgehead atoms. The van der Waals surface area contributed by atoms with Crippen molar-refractivity contribution in [2.75, 3.05) is 30.0 Å². The molecule has 1 aliphatic rings. The molecule has 3 N–H and O–H groups in total. The molecule has 0 amide bonds. The number of aromatic nitrogens is 3. The Morgan fingerprint density at radius 3 is 2.55 bits per heavy atom. The predicted octanol–water partition coefficient (Wildman–Crippen LogP) is 1.57. The van der Waals surface area contributed by atoms with Crippen LogP contribution in [-0.2, 0) is 0 Å². The molecule has 1 aliphatic heterocycles. The average Bonchev–Trinajstić information content (AvgIpc) is 2.92. The molecule has 1 aromatic heterocycles. The molecule has 0 aromatic carbocycles. The van der Waals surface area contributed by atoms with Gasteiger partial charge in [0.05, 0.1) is 6.61 Å². The zero-order valence-electron chi connectivity index (χ0n) is 12.5. The number of hydrogen-bond donors (Lipinski definition) is 2. The highest BCUT2D eigenvalue weighted by Gasteiger charge is 2.36. The molecule has 1 aromatic rings. The number of nitrogens with zero attached hydrogens (tertiary/aromatic N) is 4. The summed E-state index contributed by atoms with van der Waals surface area (Å²) in [5, 5.41) is 0. The lowest BCUT2D eigenvalue weighted by molar-refractivity contribution is 0.300. The summed E-state index contributed by atoms with van der Waals surface area (Å²) in [6, 6.07) is 0.316. The van der Waals surface area contributed by atoms with Gasteiger partial charge in [-0.3, -0.25) is 5.43 Å². The third-order valence-electron chi connectivity index (χ3n) is 4.23. The van der Waals surface area contributed by atoms with Gasteiger partial charge in [0.15, 0.2) is 0 Å². The Morgan fingerprint density at radius 1 is 1.25 bits per heavy atom. The highest BCUT2D eigenvalue weighted by molar-refractivity contribution is 5.39. The van der Waals surface area contributed by atoms with E-state index in [2.05, 4.69) is 39.1 Å². The minimum Gasteiger partial charge on any atom is -0.464 e. The zero-order valence-corrected chi connectivity index (χ0v) is 12.5. The first-order valence-corrected chi connectivity index (χ1v) is 7.26. The molecule has 20 heavy (non-hydrogen) atoms. The van der Waals surface area contributed by atoms with Gasteiger partial charge in [-0.2, -0.15) is 15.0 Å². The second-order valence-corrected chi connectivity index (χ2v) is 5.20. The molecule has 7 nitrogen and oxygen atoms in total. The molecule has 0 radical (unpaired) electrons. The summed E-state index contributed by atoms with van der Waals surface area (Å²) in [4.78, 5) is 15.0. The molecule has 0 aliphatic carbocycles. The summed E-state index contributed by atoms with van der Waals surface area (Å²) in [6.45, 7) is 8.84. The molecule has 0 atom stereocenters. The normalized spacial score (nSPS) is 17.3. The number of nitrogen functional groups attached to an aromatic ring is 1. The van der Waals surface area contributed by atoms with Crippen molar-refractivity contribution in [2.45, 2.75) is 40.0 Å². The fourth-order valence-electron chi connectivity index (χ4n) is 2.68. The van der Waals surface area contributed by atoms with Crippen LogP contribution in [0.3, 0.4) is 0 Å². The lowest BCUT2D eigenvalue weighted by atomic mass is 9.82. The van der Waals surface area contributed by atoms with Crippen LogP contribution < -0.4 is 20.9 Å². The Kier molecular flexibility index (Phi) is 4.59. The summed E-state index contributed by atoms with van der Waals surface area (Å²) < 4.78 is 5.37. The monoisotopic (exact) mass is 280 g/mol. The van der Waals surface area contributed by atoms with Crippen LogP contribution in [0.4, 0.5) is 11.9 Å². The average molecular weight is 280 g/mol. The first-order valence-electron chi connectivity index (χ1n) is 7.26. The molecule has 2 heterocycles. The second kappa shape index (κ2) is 6.21. The van der Waals surface area contributed by atoms with Gasteiger partial charge in [-0.1, -0.05) is 13.8 Å². The van der Waals surface area contributed by atoms with Gasteiger partial charge in [-0.15, -0.1) is 0 Å². The van der Waals surface area contributed by atoms with Gasteiger partial charge >= 0.3 is 6.01 Å². The summed E-state index contributed by atoms with van der Waals surface area (Å²) in [7, 11) is 0. The number of nitrogens with two attached hydrogens (primary N) is 1. The maximum Gasteiger partial charge on any atom is 0.323 e. The van der Waals surface area contributed by atoms with Crippen LogP contribution in [0.2, 0.25) is 0 Å². The van der Waals surface area contributed by atoms with E-state index in [0.29, 0.717) is 29.9 Å². The lowest BCUT2D eigenvalue weighted by Crippen LogP contribution is -2.28. The predicted molar refractivity (Wildman–Crippen MR) is 78.7 cm³/mol. The molecule has 112 valence electrons. The number of ether oxygens (including phenoxy) is 1. The lowest BCUT2D eigenvalue weighted by Gasteiger charge is -2.26. The quantitative estimate of drug-likeness (QED) is 0.604.